The maximum absolute atomic E-state index is 13.3. The van der Waals surface area contributed by atoms with Crippen LogP contribution in [0.25, 0.3) is 11.1 Å². The van der Waals surface area contributed by atoms with Crippen molar-refractivity contribution in [2.45, 2.75) is 33.7 Å². The summed E-state index contributed by atoms with van der Waals surface area (Å²) in [6.45, 7) is 6.12. The second-order valence-electron chi connectivity index (χ2n) is 9.77. The summed E-state index contributed by atoms with van der Waals surface area (Å²) in [5.74, 6) is -4.87. The van der Waals surface area contributed by atoms with E-state index in [0.29, 0.717) is 10.5 Å². The highest BCUT2D eigenvalue weighted by atomic mass is 35.5. The summed E-state index contributed by atoms with van der Waals surface area (Å²) < 4.78 is 10.5. The number of halogens is 4. The second kappa shape index (κ2) is 13.2. The number of thiophene rings is 1. The SMILES string of the molecule is CCOC(=O)c1c(-c2ccc(C)cc2)csc1NC(=O)COC(=O)[C@H](C(C)C)N1C(=O)c2c(Cl)c(Cl)c(Cl)c(Cl)c2C1=O. The number of rotatable bonds is 9. The predicted octanol–water partition coefficient (Wildman–Crippen LogP) is 7.32. The Morgan fingerprint density at radius 1 is 0.907 bits per heavy atom. The number of carbonyl (C=O) groups is 5. The molecule has 3 aromatic rings. The van der Waals surface area contributed by atoms with E-state index in [0.717, 1.165) is 22.5 Å². The van der Waals surface area contributed by atoms with E-state index in [1.807, 2.05) is 31.2 Å². The van der Waals surface area contributed by atoms with Gasteiger partial charge in [-0.3, -0.25) is 19.3 Å². The monoisotopic (exact) mass is 684 g/mol. The number of amides is 3. The Labute approximate surface area is 270 Å². The molecule has 0 saturated carbocycles. The Kier molecular flexibility index (Phi) is 10.1. The van der Waals surface area contributed by atoms with Crippen LogP contribution in [0.1, 0.15) is 57.4 Å². The van der Waals surface area contributed by atoms with Crippen molar-refractivity contribution in [2.75, 3.05) is 18.5 Å². The van der Waals surface area contributed by atoms with Crippen LogP contribution in [-0.4, -0.2) is 53.8 Å². The molecule has 4 rings (SSSR count). The van der Waals surface area contributed by atoms with Gasteiger partial charge in [-0.05, 0) is 25.3 Å². The van der Waals surface area contributed by atoms with Crippen molar-refractivity contribution in [3.63, 3.8) is 0 Å². The summed E-state index contributed by atoms with van der Waals surface area (Å²) in [6, 6.07) is 6.05. The van der Waals surface area contributed by atoms with Crippen LogP contribution in [-0.2, 0) is 19.1 Å². The lowest BCUT2D eigenvalue weighted by Crippen LogP contribution is -2.49. The van der Waals surface area contributed by atoms with Gasteiger partial charge in [0.05, 0.1) is 37.8 Å². The van der Waals surface area contributed by atoms with E-state index in [1.165, 1.54) is 0 Å². The van der Waals surface area contributed by atoms with Crippen molar-refractivity contribution < 1.29 is 33.4 Å². The van der Waals surface area contributed by atoms with Crippen molar-refractivity contribution in [1.29, 1.82) is 0 Å². The third kappa shape index (κ3) is 6.25. The summed E-state index contributed by atoms with van der Waals surface area (Å²) in [5.41, 5.74) is 1.95. The molecule has 0 unspecified atom stereocenters. The zero-order valence-corrected chi connectivity index (χ0v) is 27.0. The molecule has 0 bridgehead atoms. The zero-order chi connectivity index (χ0) is 31.7. The van der Waals surface area contributed by atoms with Crippen molar-refractivity contribution in [1.82, 2.24) is 4.90 Å². The molecule has 1 aliphatic rings. The van der Waals surface area contributed by atoms with E-state index in [-0.39, 0.29) is 48.4 Å². The lowest BCUT2D eigenvalue weighted by Gasteiger charge is -2.27. The number of imide groups is 1. The Bertz CT molecular complexity index is 1610. The molecule has 2 heterocycles. The van der Waals surface area contributed by atoms with Crippen LogP contribution >= 0.6 is 57.7 Å². The minimum atomic E-state index is -1.44. The van der Waals surface area contributed by atoms with E-state index in [9.17, 15) is 24.0 Å². The summed E-state index contributed by atoms with van der Waals surface area (Å²) in [4.78, 5) is 66.2. The summed E-state index contributed by atoms with van der Waals surface area (Å²) >= 11 is 25.7. The van der Waals surface area contributed by atoms with Gasteiger partial charge in [0, 0.05) is 10.9 Å². The van der Waals surface area contributed by atoms with E-state index < -0.39 is 48.2 Å². The highest BCUT2D eigenvalue weighted by Gasteiger charge is 2.48. The molecular formula is C29H24Cl4N2O7S. The first kappa shape index (κ1) is 32.8. The molecule has 3 amide bonds. The van der Waals surface area contributed by atoms with Gasteiger partial charge < -0.3 is 14.8 Å². The molecule has 0 radical (unpaired) electrons. The van der Waals surface area contributed by atoms with Crippen LogP contribution in [0.5, 0.6) is 0 Å². The molecule has 1 atom stereocenters. The Morgan fingerprint density at radius 2 is 1.47 bits per heavy atom. The maximum Gasteiger partial charge on any atom is 0.341 e. The molecule has 0 fully saturated rings. The summed E-state index contributed by atoms with van der Waals surface area (Å²) in [5, 5.41) is 3.53. The third-order valence-corrected chi connectivity index (χ3v) is 9.21. The number of anilines is 1. The van der Waals surface area contributed by atoms with E-state index >= 15 is 0 Å². The molecule has 43 heavy (non-hydrogen) atoms. The minimum Gasteiger partial charge on any atom is -0.462 e. The minimum absolute atomic E-state index is 0.121. The Morgan fingerprint density at radius 3 is 1.98 bits per heavy atom. The number of ether oxygens (including phenoxy) is 2. The van der Waals surface area contributed by atoms with E-state index in [4.69, 9.17) is 55.9 Å². The van der Waals surface area contributed by atoms with Gasteiger partial charge in [-0.1, -0.05) is 90.1 Å². The molecule has 1 aromatic heterocycles. The van der Waals surface area contributed by atoms with E-state index in [2.05, 4.69) is 5.32 Å². The number of hydrogen-bond acceptors (Lipinski definition) is 8. The largest absolute Gasteiger partial charge is 0.462 e. The molecule has 2 aromatic carbocycles. The molecular weight excluding hydrogens is 662 g/mol. The van der Waals surface area contributed by atoms with Gasteiger partial charge >= 0.3 is 11.9 Å². The first-order valence-corrected chi connectivity index (χ1v) is 15.2. The van der Waals surface area contributed by atoms with Crippen molar-refractivity contribution in [3.05, 3.63) is 72.0 Å². The first-order chi connectivity index (χ1) is 20.3. The Hall–Kier alpha value is -3.15. The topological polar surface area (TPSA) is 119 Å². The predicted molar refractivity (Wildman–Crippen MR) is 166 cm³/mol. The van der Waals surface area contributed by atoms with Gasteiger partial charge in [-0.25, -0.2) is 9.59 Å². The standard InChI is InChI=1S/C29H24Cl4N2O7S/c1-5-41-28(39)17-15(14-8-6-13(4)7-9-14)11-43-25(17)34-16(36)10-42-29(40)24(12(2)3)35-26(37)18-19(27(35)38)21(31)23(33)22(32)20(18)30/h6-9,11-12,24H,5,10H2,1-4H3,(H,34,36)/t24-/m0/s1. The van der Waals surface area contributed by atoms with Crippen molar-refractivity contribution >= 4 is 92.4 Å². The smallest absolute Gasteiger partial charge is 0.341 e. The fourth-order valence-electron chi connectivity index (χ4n) is 4.48. The van der Waals surface area contributed by atoms with Crippen LogP contribution in [0.4, 0.5) is 5.00 Å². The average Bonchev–Trinajstić information content (AvgIpc) is 3.48. The number of nitrogens with zero attached hydrogens (tertiary/aromatic N) is 1. The van der Waals surface area contributed by atoms with Crippen molar-refractivity contribution in [2.24, 2.45) is 5.92 Å². The summed E-state index contributed by atoms with van der Waals surface area (Å²) in [6.07, 6.45) is 0. The molecule has 0 spiro atoms. The lowest BCUT2D eigenvalue weighted by molar-refractivity contribution is -0.152. The molecule has 14 heteroatoms. The van der Waals surface area contributed by atoms with Gasteiger partial charge in [0.15, 0.2) is 6.61 Å². The molecule has 0 aliphatic carbocycles. The van der Waals surface area contributed by atoms with Crippen LogP contribution in [0.2, 0.25) is 20.1 Å². The van der Waals surface area contributed by atoms with Gasteiger partial charge in [-0.2, -0.15) is 0 Å². The van der Waals surface area contributed by atoms with Gasteiger partial charge in [0.1, 0.15) is 16.6 Å². The third-order valence-electron chi connectivity index (χ3n) is 6.52. The normalized spacial score (nSPS) is 13.3. The number of esters is 2. The number of nitrogens with one attached hydrogen (secondary N) is 1. The van der Waals surface area contributed by atoms with Crippen LogP contribution in [0.3, 0.4) is 0 Å². The summed E-state index contributed by atoms with van der Waals surface area (Å²) in [7, 11) is 0. The van der Waals surface area contributed by atoms with Gasteiger partial charge in [0.25, 0.3) is 17.7 Å². The fraction of sp³-hybridized carbons (Fsp3) is 0.276. The molecule has 226 valence electrons. The van der Waals surface area contributed by atoms with Gasteiger partial charge in [-0.15, -0.1) is 11.3 Å². The average molecular weight is 686 g/mol. The van der Waals surface area contributed by atoms with E-state index in [1.54, 1.807) is 26.2 Å². The van der Waals surface area contributed by atoms with Crippen LogP contribution in [0.15, 0.2) is 29.6 Å². The Balaban J connectivity index is 1.53. The molecule has 1 N–H and O–H groups in total. The highest BCUT2D eigenvalue weighted by molar-refractivity contribution is 7.15. The van der Waals surface area contributed by atoms with Crippen molar-refractivity contribution in [3.8, 4) is 11.1 Å². The lowest BCUT2D eigenvalue weighted by atomic mass is 10.0. The highest BCUT2D eigenvalue weighted by Crippen LogP contribution is 2.45. The first-order valence-electron chi connectivity index (χ1n) is 12.9. The molecule has 0 saturated heterocycles. The number of aryl methyl sites for hydroxylation is 1. The number of benzene rings is 2. The second-order valence-corrected chi connectivity index (χ2v) is 12.2. The quantitative estimate of drug-likeness (QED) is 0.109. The number of hydrogen-bond donors (Lipinski definition) is 1. The molecule has 1 aliphatic heterocycles. The zero-order valence-electron chi connectivity index (χ0n) is 23.2. The number of carbonyl (C=O) groups excluding carboxylic acids is 5. The van der Waals surface area contributed by atoms with Crippen LogP contribution < -0.4 is 5.32 Å². The maximum atomic E-state index is 13.3. The number of fused-ring (bicyclic) bond motifs is 1. The van der Waals surface area contributed by atoms with Gasteiger partial charge in [0.2, 0.25) is 0 Å². The fourth-order valence-corrected chi connectivity index (χ4v) is 6.47. The van der Waals surface area contributed by atoms with Crippen LogP contribution in [0, 0.1) is 12.8 Å². The molecule has 9 nitrogen and oxygen atoms in total.